The Bertz CT molecular complexity index is 269. The molecule has 0 aromatic heterocycles. The summed E-state index contributed by atoms with van der Waals surface area (Å²) in [5.74, 6) is 1.12. The number of hydrogen-bond donors (Lipinski definition) is 0. The van der Waals surface area contributed by atoms with Gasteiger partial charge in [-0.15, -0.1) is 0 Å². The van der Waals surface area contributed by atoms with Crippen molar-refractivity contribution < 1.29 is 0 Å². The highest BCUT2D eigenvalue weighted by Crippen LogP contribution is 2.29. The lowest BCUT2D eigenvalue weighted by Gasteiger charge is -2.22. The van der Waals surface area contributed by atoms with E-state index in [9.17, 15) is 0 Å². The maximum atomic E-state index is 4.30. The predicted octanol–water partition coefficient (Wildman–Crippen LogP) is 2.33. The standard InChI is InChI=1S/C10H11N/c1-8-4-2-6-10-9(8)5-3-7-11-10/h2-9H,1H3/t8-,9?/m1/s1. The van der Waals surface area contributed by atoms with Gasteiger partial charge in [0.15, 0.2) is 0 Å². The number of fused-ring (bicyclic) bond motifs is 1. The van der Waals surface area contributed by atoms with Crippen molar-refractivity contribution in [2.24, 2.45) is 16.8 Å². The average Bonchev–Trinajstić information content (AvgIpc) is 2.06. The summed E-state index contributed by atoms with van der Waals surface area (Å²) in [6, 6.07) is 0. The summed E-state index contributed by atoms with van der Waals surface area (Å²) >= 11 is 0. The van der Waals surface area contributed by atoms with Crippen LogP contribution in [0.25, 0.3) is 0 Å². The topological polar surface area (TPSA) is 12.4 Å². The molecule has 0 N–H and O–H groups in total. The Morgan fingerprint density at radius 2 is 2.18 bits per heavy atom. The Morgan fingerprint density at radius 3 is 3.00 bits per heavy atom. The maximum absolute atomic E-state index is 4.30. The van der Waals surface area contributed by atoms with E-state index in [-0.39, 0.29) is 0 Å². The molecule has 0 amide bonds. The molecule has 1 heterocycles. The van der Waals surface area contributed by atoms with Gasteiger partial charge in [-0.25, -0.2) is 0 Å². The summed E-state index contributed by atoms with van der Waals surface area (Å²) in [5.41, 5.74) is 1.20. The highest BCUT2D eigenvalue weighted by atomic mass is 14.8. The Hall–Kier alpha value is -1.11. The van der Waals surface area contributed by atoms with Crippen LogP contribution in [0.2, 0.25) is 0 Å². The van der Waals surface area contributed by atoms with Crippen LogP contribution in [0.3, 0.4) is 0 Å². The summed E-state index contributed by atoms with van der Waals surface area (Å²) in [6.45, 7) is 2.22. The second-order valence-corrected chi connectivity index (χ2v) is 3.02. The van der Waals surface area contributed by atoms with E-state index in [4.69, 9.17) is 0 Å². The van der Waals surface area contributed by atoms with Gasteiger partial charge in [-0.1, -0.05) is 25.2 Å². The minimum absolute atomic E-state index is 0.519. The number of hydrogen-bond acceptors (Lipinski definition) is 1. The molecule has 0 bridgehead atoms. The molecule has 1 nitrogen and oxygen atoms in total. The van der Waals surface area contributed by atoms with Crippen LogP contribution >= 0.6 is 0 Å². The Labute approximate surface area is 66.8 Å². The maximum Gasteiger partial charge on any atom is 0.0477 e. The van der Waals surface area contributed by atoms with Crippen LogP contribution in [0.5, 0.6) is 0 Å². The molecule has 1 unspecified atom stereocenters. The zero-order chi connectivity index (χ0) is 7.68. The van der Waals surface area contributed by atoms with E-state index < -0.39 is 0 Å². The van der Waals surface area contributed by atoms with Crippen LogP contribution in [0, 0.1) is 11.8 Å². The summed E-state index contributed by atoms with van der Waals surface area (Å²) in [6.07, 6.45) is 12.5. The molecule has 0 radical (unpaired) electrons. The van der Waals surface area contributed by atoms with E-state index in [0.717, 1.165) is 0 Å². The molecule has 0 saturated carbocycles. The number of nitrogens with zero attached hydrogens (tertiary/aromatic N) is 1. The van der Waals surface area contributed by atoms with E-state index in [0.29, 0.717) is 11.8 Å². The summed E-state index contributed by atoms with van der Waals surface area (Å²) in [5, 5.41) is 0. The van der Waals surface area contributed by atoms with Gasteiger partial charge in [-0.3, -0.25) is 4.99 Å². The van der Waals surface area contributed by atoms with E-state index in [1.54, 1.807) is 0 Å². The van der Waals surface area contributed by atoms with Crippen LogP contribution in [0.4, 0.5) is 0 Å². The lowest BCUT2D eigenvalue weighted by molar-refractivity contribution is 0.568. The smallest absolute Gasteiger partial charge is 0.0477 e. The van der Waals surface area contributed by atoms with E-state index in [1.165, 1.54) is 5.70 Å². The van der Waals surface area contributed by atoms with Crippen LogP contribution in [-0.4, -0.2) is 6.21 Å². The molecule has 0 fully saturated rings. The fraction of sp³-hybridized carbons (Fsp3) is 0.300. The molecule has 56 valence electrons. The zero-order valence-corrected chi connectivity index (χ0v) is 6.57. The lowest BCUT2D eigenvalue weighted by atomic mass is 9.86. The summed E-state index contributed by atoms with van der Waals surface area (Å²) in [7, 11) is 0. The molecule has 1 aliphatic heterocycles. The van der Waals surface area contributed by atoms with Gasteiger partial charge in [-0.05, 0) is 18.1 Å². The van der Waals surface area contributed by atoms with Crippen molar-refractivity contribution in [2.45, 2.75) is 6.92 Å². The number of dihydropyridines is 1. The number of aliphatic imine (C=N–C) groups is 1. The van der Waals surface area contributed by atoms with Gasteiger partial charge in [0.05, 0.1) is 0 Å². The van der Waals surface area contributed by atoms with Gasteiger partial charge in [0.1, 0.15) is 0 Å². The molecule has 2 atom stereocenters. The molecule has 2 aliphatic rings. The minimum atomic E-state index is 0.519. The molecule has 0 aromatic carbocycles. The largest absolute Gasteiger partial charge is 0.261 e. The fourth-order valence-corrected chi connectivity index (χ4v) is 1.53. The highest BCUT2D eigenvalue weighted by Gasteiger charge is 2.19. The Morgan fingerprint density at radius 1 is 1.27 bits per heavy atom. The van der Waals surface area contributed by atoms with Crippen molar-refractivity contribution in [3.63, 3.8) is 0 Å². The van der Waals surface area contributed by atoms with Gasteiger partial charge in [-0.2, -0.15) is 0 Å². The third-order valence-corrected chi connectivity index (χ3v) is 2.22. The summed E-state index contributed by atoms with van der Waals surface area (Å²) < 4.78 is 0. The molecule has 1 heteroatoms. The monoisotopic (exact) mass is 145 g/mol. The quantitative estimate of drug-likeness (QED) is 0.496. The van der Waals surface area contributed by atoms with E-state index in [1.807, 2.05) is 12.3 Å². The molecule has 1 aliphatic carbocycles. The minimum Gasteiger partial charge on any atom is -0.261 e. The van der Waals surface area contributed by atoms with Crippen LogP contribution in [0.15, 0.2) is 41.1 Å². The van der Waals surface area contributed by atoms with Crippen molar-refractivity contribution in [1.82, 2.24) is 0 Å². The van der Waals surface area contributed by atoms with Gasteiger partial charge < -0.3 is 0 Å². The first kappa shape index (κ1) is 6.59. The predicted molar refractivity (Wildman–Crippen MR) is 47.5 cm³/mol. The van der Waals surface area contributed by atoms with Gasteiger partial charge in [0.2, 0.25) is 0 Å². The SMILES string of the molecule is C[C@@H]1C=CC=C2N=CC=CC21. The first-order chi connectivity index (χ1) is 5.38. The van der Waals surface area contributed by atoms with Crippen LogP contribution in [0.1, 0.15) is 6.92 Å². The molecular formula is C10H11N. The van der Waals surface area contributed by atoms with E-state index in [2.05, 4.69) is 36.2 Å². The van der Waals surface area contributed by atoms with Crippen molar-refractivity contribution in [2.75, 3.05) is 0 Å². The number of rotatable bonds is 0. The Kier molecular flexibility index (Phi) is 1.50. The number of allylic oxidation sites excluding steroid dienone is 5. The Balaban J connectivity index is 2.35. The molecule has 11 heavy (non-hydrogen) atoms. The van der Waals surface area contributed by atoms with Crippen LogP contribution < -0.4 is 0 Å². The lowest BCUT2D eigenvalue weighted by Crippen LogP contribution is -2.13. The zero-order valence-electron chi connectivity index (χ0n) is 6.57. The second kappa shape index (κ2) is 2.50. The van der Waals surface area contributed by atoms with Crippen molar-refractivity contribution in [3.8, 4) is 0 Å². The first-order valence-electron chi connectivity index (χ1n) is 3.97. The molecule has 0 saturated heterocycles. The van der Waals surface area contributed by atoms with E-state index >= 15 is 0 Å². The molecule has 0 spiro atoms. The van der Waals surface area contributed by atoms with Gasteiger partial charge >= 0.3 is 0 Å². The fourth-order valence-electron chi connectivity index (χ4n) is 1.53. The highest BCUT2D eigenvalue weighted by molar-refractivity contribution is 5.74. The average molecular weight is 145 g/mol. The molecule has 0 aromatic rings. The molecular weight excluding hydrogens is 134 g/mol. The van der Waals surface area contributed by atoms with Crippen molar-refractivity contribution in [1.29, 1.82) is 0 Å². The van der Waals surface area contributed by atoms with Gasteiger partial charge in [0, 0.05) is 17.8 Å². The van der Waals surface area contributed by atoms with Crippen LogP contribution in [-0.2, 0) is 0 Å². The van der Waals surface area contributed by atoms with Gasteiger partial charge in [0.25, 0.3) is 0 Å². The normalized spacial score (nSPS) is 33.4. The first-order valence-corrected chi connectivity index (χ1v) is 3.97. The molecule has 2 rings (SSSR count). The van der Waals surface area contributed by atoms with Crippen molar-refractivity contribution >= 4 is 6.21 Å². The summed E-state index contributed by atoms with van der Waals surface area (Å²) in [4.78, 5) is 4.30. The second-order valence-electron chi connectivity index (χ2n) is 3.02. The third kappa shape index (κ3) is 1.07. The third-order valence-electron chi connectivity index (χ3n) is 2.22. The van der Waals surface area contributed by atoms with Crippen molar-refractivity contribution in [3.05, 3.63) is 36.1 Å².